The van der Waals surface area contributed by atoms with E-state index in [0.717, 1.165) is 18.6 Å². The summed E-state index contributed by atoms with van der Waals surface area (Å²) in [6, 6.07) is 3.09. The maximum atomic E-state index is 12.6. The number of carbonyl (C=O) groups excluding carboxylic acids is 1. The van der Waals surface area contributed by atoms with E-state index in [2.05, 4.69) is 5.32 Å². The number of hydrogen-bond acceptors (Lipinski definition) is 2. The van der Waals surface area contributed by atoms with Crippen LogP contribution in [0.25, 0.3) is 0 Å². The van der Waals surface area contributed by atoms with Crippen molar-refractivity contribution < 1.29 is 22.7 Å². The quantitative estimate of drug-likeness (QED) is 0.776. The molecule has 0 aromatic heterocycles. The fourth-order valence-corrected chi connectivity index (χ4v) is 2.21. The van der Waals surface area contributed by atoms with Gasteiger partial charge in [-0.05, 0) is 37.5 Å². The minimum absolute atomic E-state index is 0.101. The summed E-state index contributed by atoms with van der Waals surface area (Å²) < 4.78 is 43.2. The average Bonchev–Trinajstić information content (AvgIpc) is 2.24. The van der Waals surface area contributed by atoms with Gasteiger partial charge in [0.1, 0.15) is 5.75 Å². The van der Waals surface area contributed by atoms with Crippen LogP contribution in [0.4, 0.5) is 18.9 Å². The van der Waals surface area contributed by atoms with E-state index in [9.17, 15) is 18.0 Å². The fraction of sp³-hybridized carbons (Fsp3) is 0.417. The Balaban J connectivity index is 2.00. The zero-order valence-corrected chi connectivity index (χ0v) is 9.30. The molecule has 1 aromatic rings. The molecule has 1 fully saturated rings. The van der Waals surface area contributed by atoms with E-state index < -0.39 is 17.3 Å². The molecule has 6 heteroatoms. The smallest absolute Gasteiger partial charge is 0.416 e. The van der Waals surface area contributed by atoms with Gasteiger partial charge >= 0.3 is 6.18 Å². The van der Waals surface area contributed by atoms with Crippen LogP contribution in [0.5, 0.6) is 5.75 Å². The molecule has 18 heavy (non-hydrogen) atoms. The molecular formula is C12H10F3NO2. The third kappa shape index (κ3) is 1.55. The van der Waals surface area contributed by atoms with Gasteiger partial charge in [-0.15, -0.1) is 0 Å². The van der Waals surface area contributed by atoms with Crippen LogP contribution in [0.1, 0.15) is 24.8 Å². The second-order valence-electron chi connectivity index (χ2n) is 4.61. The molecular weight excluding hydrogens is 247 g/mol. The summed E-state index contributed by atoms with van der Waals surface area (Å²) in [6.07, 6.45) is -2.46. The van der Waals surface area contributed by atoms with E-state index in [0.29, 0.717) is 18.5 Å². The number of fused-ring (bicyclic) bond motifs is 1. The van der Waals surface area contributed by atoms with Crippen molar-refractivity contribution >= 4 is 11.6 Å². The number of amides is 1. The van der Waals surface area contributed by atoms with Crippen molar-refractivity contribution in [3.8, 4) is 5.75 Å². The molecule has 0 atom stereocenters. The van der Waals surface area contributed by atoms with Crippen molar-refractivity contribution in [2.75, 3.05) is 5.32 Å². The molecule has 1 aliphatic carbocycles. The molecule has 0 unspecified atom stereocenters. The molecule has 3 rings (SSSR count). The van der Waals surface area contributed by atoms with E-state index >= 15 is 0 Å². The van der Waals surface area contributed by atoms with Crippen molar-refractivity contribution in [1.29, 1.82) is 0 Å². The third-order valence-corrected chi connectivity index (χ3v) is 3.44. The summed E-state index contributed by atoms with van der Waals surface area (Å²) in [5.41, 5.74) is -1.42. The molecule has 0 bridgehead atoms. The molecule has 1 saturated carbocycles. The highest BCUT2D eigenvalue weighted by molar-refractivity contribution is 6.01. The van der Waals surface area contributed by atoms with Crippen LogP contribution in [0.15, 0.2) is 18.2 Å². The van der Waals surface area contributed by atoms with E-state index in [4.69, 9.17) is 4.74 Å². The lowest BCUT2D eigenvalue weighted by atomic mass is 9.78. The van der Waals surface area contributed by atoms with Gasteiger partial charge in [0.15, 0.2) is 5.60 Å². The normalized spacial score (nSPS) is 20.7. The van der Waals surface area contributed by atoms with Gasteiger partial charge in [-0.25, -0.2) is 0 Å². The topological polar surface area (TPSA) is 38.3 Å². The summed E-state index contributed by atoms with van der Waals surface area (Å²) in [5, 5.41) is 2.60. The number of benzene rings is 1. The van der Waals surface area contributed by atoms with Crippen LogP contribution in [0.2, 0.25) is 0 Å². The summed E-state index contributed by atoms with van der Waals surface area (Å²) in [6.45, 7) is 0. The standard InChI is InChI=1S/C12H10F3NO2/c13-12(14,15)7-2-3-8-9(6-7)18-11(4-1-5-11)10(17)16-8/h2-3,6H,1,4-5H2,(H,16,17). The molecule has 0 saturated heterocycles. The second kappa shape index (κ2) is 3.40. The third-order valence-electron chi connectivity index (χ3n) is 3.44. The molecule has 1 aliphatic heterocycles. The highest BCUT2D eigenvalue weighted by atomic mass is 19.4. The van der Waals surface area contributed by atoms with Gasteiger partial charge in [-0.1, -0.05) is 0 Å². The van der Waals surface area contributed by atoms with Crippen LogP contribution >= 0.6 is 0 Å². The van der Waals surface area contributed by atoms with Crippen LogP contribution in [-0.2, 0) is 11.0 Å². The Morgan fingerprint density at radius 1 is 1.28 bits per heavy atom. The summed E-state index contributed by atoms with van der Waals surface area (Å²) in [5.74, 6) is -0.162. The van der Waals surface area contributed by atoms with Gasteiger partial charge in [0, 0.05) is 0 Å². The Kier molecular flexibility index (Phi) is 2.15. The largest absolute Gasteiger partial charge is 0.475 e. The van der Waals surface area contributed by atoms with Crippen LogP contribution in [0, 0.1) is 0 Å². The first-order valence-corrected chi connectivity index (χ1v) is 5.62. The summed E-state index contributed by atoms with van der Waals surface area (Å²) in [4.78, 5) is 11.8. The van der Waals surface area contributed by atoms with Crippen molar-refractivity contribution in [3.63, 3.8) is 0 Å². The minimum Gasteiger partial charge on any atom is -0.475 e. The van der Waals surface area contributed by atoms with E-state index in [1.165, 1.54) is 6.07 Å². The molecule has 2 aliphatic rings. The van der Waals surface area contributed by atoms with Crippen LogP contribution in [0.3, 0.4) is 0 Å². The minimum atomic E-state index is -4.41. The Labute approximate surface area is 101 Å². The first-order valence-electron chi connectivity index (χ1n) is 5.62. The first-order chi connectivity index (χ1) is 8.41. The van der Waals surface area contributed by atoms with Crippen molar-refractivity contribution in [3.05, 3.63) is 23.8 Å². The van der Waals surface area contributed by atoms with Gasteiger partial charge in [0.2, 0.25) is 0 Å². The molecule has 3 nitrogen and oxygen atoms in total. The zero-order chi connectivity index (χ0) is 13.0. The fourth-order valence-electron chi connectivity index (χ4n) is 2.21. The average molecular weight is 257 g/mol. The van der Waals surface area contributed by atoms with Gasteiger partial charge in [0.05, 0.1) is 11.3 Å². The molecule has 1 amide bonds. The lowest BCUT2D eigenvalue weighted by Crippen LogP contribution is -2.55. The summed E-state index contributed by atoms with van der Waals surface area (Å²) in [7, 11) is 0. The predicted molar refractivity (Wildman–Crippen MR) is 57.3 cm³/mol. The molecule has 96 valence electrons. The predicted octanol–water partition coefficient (Wildman–Crippen LogP) is 2.96. The zero-order valence-electron chi connectivity index (χ0n) is 9.30. The number of carbonyl (C=O) groups is 1. The van der Waals surface area contributed by atoms with Crippen LogP contribution in [-0.4, -0.2) is 11.5 Å². The second-order valence-corrected chi connectivity index (χ2v) is 4.61. The number of rotatable bonds is 0. The molecule has 0 radical (unpaired) electrons. The lowest BCUT2D eigenvalue weighted by Gasteiger charge is -2.43. The van der Waals surface area contributed by atoms with Gasteiger partial charge < -0.3 is 10.1 Å². The van der Waals surface area contributed by atoms with Crippen molar-refractivity contribution in [2.24, 2.45) is 0 Å². The number of anilines is 1. The van der Waals surface area contributed by atoms with Gasteiger partial charge in [-0.3, -0.25) is 4.79 Å². The van der Waals surface area contributed by atoms with E-state index in [1.807, 2.05) is 0 Å². The number of hydrogen-bond donors (Lipinski definition) is 1. The Hall–Kier alpha value is -1.72. The van der Waals surface area contributed by atoms with E-state index in [-0.39, 0.29) is 11.7 Å². The molecule has 1 aromatic carbocycles. The number of ether oxygens (including phenoxy) is 1. The molecule has 1 N–H and O–H groups in total. The number of nitrogens with one attached hydrogen (secondary N) is 1. The SMILES string of the molecule is O=C1Nc2ccc(C(F)(F)F)cc2OC12CCC2. The first kappa shape index (κ1) is 11.4. The monoisotopic (exact) mass is 257 g/mol. The molecule has 1 spiro atoms. The Morgan fingerprint density at radius 3 is 2.56 bits per heavy atom. The number of alkyl halides is 3. The van der Waals surface area contributed by atoms with Gasteiger partial charge in [0.25, 0.3) is 5.91 Å². The molecule has 1 heterocycles. The van der Waals surface area contributed by atoms with Crippen LogP contribution < -0.4 is 10.1 Å². The Bertz CT molecular complexity index is 521. The van der Waals surface area contributed by atoms with Crippen molar-refractivity contribution in [2.45, 2.75) is 31.0 Å². The Morgan fingerprint density at radius 2 is 2.00 bits per heavy atom. The number of halogens is 3. The maximum Gasteiger partial charge on any atom is 0.416 e. The summed E-state index contributed by atoms with van der Waals surface area (Å²) >= 11 is 0. The van der Waals surface area contributed by atoms with E-state index in [1.54, 1.807) is 0 Å². The highest BCUT2D eigenvalue weighted by Gasteiger charge is 2.49. The highest BCUT2D eigenvalue weighted by Crippen LogP contribution is 2.45. The van der Waals surface area contributed by atoms with Gasteiger partial charge in [-0.2, -0.15) is 13.2 Å². The maximum absolute atomic E-state index is 12.6. The van der Waals surface area contributed by atoms with Crippen molar-refractivity contribution in [1.82, 2.24) is 0 Å². The lowest BCUT2D eigenvalue weighted by molar-refractivity contribution is -0.140.